The Hall–Kier alpha value is -2.50. The molecule has 1 aromatic carbocycles. The second kappa shape index (κ2) is 7.67. The molecule has 0 saturated carbocycles. The number of methoxy groups -OCH3 is 1. The molecular formula is C17H24N4O2. The Labute approximate surface area is 137 Å². The van der Waals surface area contributed by atoms with Gasteiger partial charge in [0, 0.05) is 25.9 Å². The number of para-hydroxylation sites is 2. The Morgan fingerprint density at radius 1 is 1.22 bits per heavy atom. The van der Waals surface area contributed by atoms with Gasteiger partial charge in [-0.25, -0.2) is 4.98 Å². The summed E-state index contributed by atoms with van der Waals surface area (Å²) in [6, 6.07) is 7.65. The summed E-state index contributed by atoms with van der Waals surface area (Å²) in [5.41, 5.74) is 1.04. The van der Waals surface area contributed by atoms with Gasteiger partial charge in [-0.3, -0.25) is 0 Å². The van der Waals surface area contributed by atoms with Crippen molar-refractivity contribution >= 4 is 11.8 Å². The van der Waals surface area contributed by atoms with Crippen LogP contribution in [0.3, 0.4) is 0 Å². The molecule has 2 aromatic rings. The minimum absolute atomic E-state index is 0.0534. The molecule has 1 N–H and O–H groups in total. The van der Waals surface area contributed by atoms with Crippen LogP contribution in [0.15, 0.2) is 30.5 Å². The number of ether oxygens (including phenoxy) is 2. The fraction of sp³-hybridized carbons (Fsp3) is 0.412. The van der Waals surface area contributed by atoms with Crippen LogP contribution in [-0.4, -0.2) is 43.8 Å². The van der Waals surface area contributed by atoms with Crippen LogP contribution in [0, 0.1) is 6.92 Å². The van der Waals surface area contributed by atoms with E-state index in [0.717, 1.165) is 22.9 Å². The monoisotopic (exact) mass is 316 g/mol. The largest absolute Gasteiger partial charge is 0.493 e. The van der Waals surface area contributed by atoms with Crippen LogP contribution < -0.4 is 19.7 Å². The van der Waals surface area contributed by atoms with Gasteiger partial charge in [-0.2, -0.15) is 4.98 Å². The van der Waals surface area contributed by atoms with Gasteiger partial charge in [-0.15, -0.1) is 0 Å². The predicted molar refractivity (Wildman–Crippen MR) is 92.7 cm³/mol. The van der Waals surface area contributed by atoms with E-state index in [2.05, 4.69) is 15.3 Å². The second-order valence-electron chi connectivity index (χ2n) is 5.60. The van der Waals surface area contributed by atoms with E-state index in [9.17, 15) is 0 Å². The van der Waals surface area contributed by atoms with Crippen molar-refractivity contribution in [2.24, 2.45) is 0 Å². The summed E-state index contributed by atoms with van der Waals surface area (Å²) in [5.74, 6) is 2.94. The molecule has 1 atom stereocenters. The Balaban J connectivity index is 1.97. The lowest BCUT2D eigenvalue weighted by Gasteiger charge is -2.18. The predicted octanol–water partition coefficient (Wildman–Crippen LogP) is 2.74. The first-order valence-corrected chi connectivity index (χ1v) is 7.54. The molecule has 0 saturated heterocycles. The summed E-state index contributed by atoms with van der Waals surface area (Å²) in [7, 11) is 5.56. The summed E-state index contributed by atoms with van der Waals surface area (Å²) < 4.78 is 11.1. The van der Waals surface area contributed by atoms with Crippen LogP contribution in [0.1, 0.15) is 12.5 Å². The molecule has 6 heteroatoms. The van der Waals surface area contributed by atoms with Crippen LogP contribution in [0.25, 0.3) is 0 Å². The van der Waals surface area contributed by atoms with E-state index in [0.29, 0.717) is 12.6 Å². The van der Waals surface area contributed by atoms with Crippen molar-refractivity contribution in [3.05, 3.63) is 36.0 Å². The number of aromatic nitrogens is 2. The number of anilines is 2. The normalized spacial score (nSPS) is 11.7. The highest BCUT2D eigenvalue weighted by Crippen LogP contribution is 2.26. The molecule has 0 bridgehead atoms. The van der Waals surface area contributed by atoms with Crippen LogP contribution in [0.4, 0.5) is 11.8 Å². The molecule has 1 heterocycles. The van der Waals surface area contributed by atoms with Crippen molar-refractivity contribution in [3.8, 4) is 11.5 Å². The maximum Gasteiger partial charge on any atom is 0.224 e. The van der Waals surface area contributed by atoms with Gasteiger partial charge in [-0.05, 0) is 26.0 Å². The molecule has 6 nitrogen and oxygen atoms in total. The quantitative estimate of drug-likeness (QED) is 0.847. The summed E-state index contributed by atoms with van der Waals surface area (Å²) in [6.07, 6.45) is 1.82. The lowest BCUT2D eigenvalue weighted by Crippen LogP contribution is -2.25. The van der Waals surface area contributed by atoms with Crippen molar-refractivity contribution < 1.29 is 9.47 Å². The summed E-state index contributed by atoms with van der Waals surface area (Å²) in [6.45, 7) is 4.50. The minimum atomic E-state index is 0.0534. The summed E-state index contributed by atoms with van der Waals surface area (Å²) in [5, 5.41) is 3.26. The minimum Gasteiger partial charge on any atom is -0.493 e. The second-order valence-corrected chi connectivity index (χ2v) is 5.60. The van der Waals surface area contributed by atoms with Gasteiger partial charge >= 0.3 is 0 Å². The topological polar surface area (TPSA) is 59.5 Å². The Morgan fingerprint density at radius 3 is 2.57 bits per heavy atom. The molecule has 0 fully saturated rings. The maximum absolute atomic E-state index is 5.81. The number of nitrogens with one attached hydrogen (secondary N) is 1. The molecule has 0 aliphatic heterocycles. The highest BCUT2D eigenvalue weighted by molar-refractivity contribution is 5.47. The van der Waals surface area contributed by atoms with Gasteiger partial charge in [0.15, 0.2) is 11.5 Å². The number of hydrogen-bond donors (Lipinski definition) is 1. The fourth-order valence-corrected chi connectivity index (χ4v) is 2.17. The van der Waals surface area contributed by atoms with Crippen molar-refractivity contribution in [1.29, 1.82) is 0 Å². The van der Waals surface area contributed by atoms with Gasteiger partial charge in [-0.1, -0.05) is 12.1 Å². The lowest BCUT2D eigenvalue weighted by atomic mass is 10.3. The van der Waals surface area contributed by atoms with E-state index in [1.54, 1.807) is 7.11 Å². The Kier molecular flexibility index (Phi) is 5.62. The number of hydrogen-bond acceptors (Lipinski definition) is 6. The molecule has 0 aliphatic rings. The zero-order valence-corrected chi connectivity index (χ0v) is 14.3. The van der Waals surface area contributed by atoms with E-state index in [4.69, 9.17) is 9.47 Å². The highest BCUT2D eigenvalue weighted by Gasteiger charge is 2.10. The molecule has 23 heavy (non-hydrogen) atoms. The van der Waals surface area contributed by atoms with Crippen LogP contribution in [-0.2, 0) is 0 Å². The molecule has 0 spiro atoms. The van der Waals surface area contributed by atoms with Crippen molar-refractivity contribution in [1.82, 2.24) is 9.97 Å². The molecule has 1 aromatic heterocycles. The van der Waals surface area contributed by atoms with Gasteiger partial charge in [0.05, 0.1) is 13.2 Å². The van der Waals surface area contributed by atoms with Crippen molar-refractivity contribution in [2.75, 3.05) is 38.0 Å². The van der Waals surface area contributed by atoms with Crippen molar-refractivity contribution in [2.45, 2.75) is 19.9 Å². The average molecular weight is 316 g/mol. The van der Waals surface area contributed by atoms with Crippen LogP contribution in [0.5, 0.6) is 11.5 Å². The smallest absolute Gasteiger partial charge is 0.224 e. The first kappa shape index (κ1) is 16.9. The number of benzene rings is 1. The van der Waals surface area contributed by atoms with Gasteiger partial charge in [0.2, 0.25) is 5.95 Å². The molecule has 0 radical (unpaired) electrons. The fourth-order valence-electron chi connectivity index (χ4n) is 2.17. The molecule has 0 amide bonds. The number of rotatable bonds is 7. The average Bonchev–Trinajstić information content (AvgIpc) is 2.54. The summed E-state index contributed by atoms with van der Waals surface area (Å²) >= 11 is 0. The standard InChI is InChI=1S/C17H24N4O2/c1-12-10-18-17(20-16(12)21(3)4)19-13(2)11-23-15-9-7-6-8-14(15)22-5/h6-10,13H,11H2,1-5H3,(H,18,19,20). The third kappa shape index (κ3) is 4.48. The van der Waals surface area contributed by atoms with E-state index < -0.39 is 0 Å². The molecule has 1 unspecified atom stereocenters. The lowest BCUT2D eigenvalue weighted by molar-refractivity contribution is 0.283. The molecule has 124 valence electrons. The third-order valence-electron chi connectivity index (χ3n) is 3.30. The van der Waals surface area contributed by atoms with Crippen molar-refractivity contribution in [3.63, 3.8) is 0 Å². The first-order valence-electron chi connectivity index (χ1n) is 7.54. The Bertz CT molecular complexity index is 646. The summed E-state index contributed by atoms with van der Waals surface area (Å²) in [4.78, 5) is 10.8. The van der Waals surface area contributed by atoms with E-state index in [1.165, 1.54) is 0 Å². The van der Waals surface area contributed by atoms with Crippen LogP contribution >= 0.6 is 0 Å². The van der Waals surface area contributed by atoms with E-state index >= 15 is 0 Å². The number of aryl methyl sites for hydroxylation is 1. The zero-order chi connectivity index (χ0) is 16.8. The first-order chi connectivity index (χ1) is 11.0. The molecule has 0 aliphatic carbocycles. The molecular weight excluding hydrogens is 292 g/mol. The molecule has 2 rings (SSSR count). The van der Waals surface area contributed by atoms with E-state index in [-0.39, 0.29) is 6.04 Å². The number of nitrogens with zero attached hydrogens (tertiary/aromatic N) is 3. The van der Waals surface area contributed by atoms with Gasteiger partial charge in [0.25, 0.3) is 0 Å². The van der Waals surface area contributed by atoms with E-state index in [1.807, 2.05) is 63.3 Å². The third-order valence-corrected chi connectivity index (χ3v) is 3.30. The zero-order valence-electron chi connectivity index (χ0n) is 14.3. The van der Waals surface area contributed by atoms with Crippen LogP contribution in [0.2, 0.25) is 0 Å². The van der Waals surface area contributed by atoms with Gasteiger partial charge in [0.1, 0.15) is 12.4 Å². The SMILES string of the molecule is COc1ccccc1OCC(C)Nc1ncc(C)c(N(C)C)n1. The van der Waals surface area contributed by atoms with Gasteiger partial charge < -0.3 is 19.7 Å². The highest BCUT2D eigenvalue weighted by atomic mass is 16.5. The maximum atomic E-state index is 5.81. The Morgan fingerprint density at radius 2 is 1.91 bits per heavy atom.